The first kappa shape index (κ1) is 29.5. The zero-order valence-electron chi connectivity index (χ0n) is 23.8. The van der Waals surface area contributed by atoms with Crippen molar-refractivity contribution in [2.24, 2.45) is 0 Å². The van der Waals surface area contributed by atoms with Crippen LogP contribution in [0.5, 0.6) is 5.75 Å². The van der Waals surface area contributed by atoms with Gasteiger partial charge in [-0.25, -0.2) is 23.4 Å². The molecule has 42 heavy (non-hydrogen) atoms. The van der Waals surface area contributed by atoms with E-state index in [1.165, 1.54) is 43.3 Å². The Hall–Kier alpha value is -3.97. The standard InChI is InChI=1S/C29H37N7O5S/c1-3-23-27(31-17-25(29(37)38)35-42(39,40)22-9-7-21(41-2)8-10-22)32-18-33-28(23)36-15-12-19(13-16-36)24-11-6-20-5-4-14-30-26(20)34-24/h6-11,18-19,25,35H,3-5,12-17H2,1-2H3,(H,30,34)(H,37,38)(H,31,32,33). The van der Waals surface area contributed by atoms with Crippen LogP contribution < -0.4 is 25.0 Å². The molecule has 0 radical (unpaired) electrons. The van der Waals surface area contributed by atoms with Crippen LogP contribution in [0.25, 0.3) is 0 Å². The molecule has 4 heterocycles. The maximum absolute atomic E-state index is 12.9. The topological polar surface area (TPSA) is 159 Å². The van der Waals surface area contributed by atoms with Gasteiger partial charge in [0.2, 0.25) is 10.0 Å². The van der Waals surface area contributed by atoms with E-state index in [0.717, 1.165) is 68.2 Å². The first-order chi connectivity index (χ1) is 20.3. The Kier molecular flexibility index (Phi) is 9.07. The number of aryl methyl sites for hydroxylation is 1. The van der Waals surface area contributed by atoms with Crippen LogP contribution in [0.1, 0.15) is 48.9 Å². The molecule has 4 N–H and O–H groups in total. The largest absolute Gasteiger partial charge is 0.497 e. The molecule has 1 atom stereocenters. The van der Waals surface area contributed by atoms with E-state index in [1.807, 2.05) is 6.92 Å². The van der Waals surface area contributed by atoms with Crippen molar-refractivity contribution in [3.63, 3.8) is 0 Å². The number of nitrogens with one attached hydrogen (secondary N) is 3. The number of hydrogen-bond donors (Lipinski definition) is 4. The van der Waals surface area contributed by atoms with E-state index in [-0.39, 0.29) is 11.4 Å². The molecular weight excluding hydrogens is 558 g/mol. The van der Waals surface area contributed by atoms with Crippen LogP contribution in [0.15, 0.2) is 47.6 Å². The van der Waals surface area contributed by atoms with Gasteiger partial charge in [0.05, 0.1) is 12.0 Å². The third-order valence-electron chi connectivity index (χ3n) is 7.84. The Morgan fingerprint density at radius 3 is 2.62 bits per heavy atom. The molecule has 1 aromatic carbocycles. The summed E-state index contributed by atoms with van der Waals surface area (Å²) in [6.07, 6.45) is 6.16. The number of carbonyl (C=O) groups is 1. The lowest BCUT2D eigenvalue weighted by atomic mass is 9.92. The van der Waals surface area contributed by atoms with Crippen LogP contribution in [-0.2, 0) is 27.7 Å². The van der Waals surface area contributed by atoms with Crippen molar-refractivity contribution < 1.29 is 23.1 Å². The van der Waals surface area contributed by atoms with Crippen molar-refractivity contribution in [2.45, 2.75) is 55.9 Å². The number of sulfonamides is 1. The molecule has 3 aromatic rings. The second-order valence-corrected chi connectivity index (χ2v) is 12.2. The molecule has 0 bridgehead atoms. The first-order valence-corrected chi connectivity index (χ1v) is 15.7. The molecule has 224 valence electrons. The number of pyridine rings is 1. The van der Waals surface area contributed by atoms with Crippen molar-refractivity contribution in [3.8, 4) is 5.75 Å². The number of aromatic nitrogens is 3. The van der Waals surface area contributed by atoms with Gasteiger partial charge in [-0.2, -0.15) is 4.72 Å². The molecule has 0 saturated carbocycles. The SMILES string of the molecule is CCc1c(NCC(NS(=O)(=O)c2ccc(OC)cc2)C(=O)O)ncnc1N1CCC(c2ccc3c(n2)NCCC3)CC1. The van der Waals surface area contributed by atoms with E-state index in [9.17, 15) is 18.3 Å². The van der Waals surface area contributed by atoms with Crippen LogP contribution in [0.3, 0.4) is 0 Å². The molecule has 0 spiro atoms. The minimum Gasteiger partial charge on any atom is -0.497 e. The van der Waals surface area contributed by atoms with Crippen LogP contribution >= 0.6 is 0 Å². The number of carboxylic acids is 1. The van der Waals surface area contributed by atoms with E-state index in [0.29, 0.717) is 23.9 Å². The third-order valence-corrected chi connectivity index (χ3v) is 9.33. The molecule has 1 unspecified atom stereocenters. The summed E-state index contributed by atoms with van der Waals surface area (Å²) in [5, 5.41) is 16.3. The number of methoxy groups -OCH3 is 1. The van der Waals surface area contributed by atoms with Gasteiger partial charge in [-0.05, 0) is 68.0 Å². The average molecular weight is 596 g/mol. The number of anilines is 3. The Balaban J connectivity index is 1.24. The summed E-state index contributed by atoms with van der Waals surface area (Å²) in [5.41, 5.74) is 3.27. The third kappa shape index (κ3) is 6.57. The van der Waals surface area contributed by atoms with Crippen LogP contribution in [-0.4, -0.2) is 73.8 Å². The lowest BCUT2D eigenvalue weighted by Crippen LogP contribution is -2.45. The average Bonchev–Trinajstić information content (AvgIpc) is 3.02. The van der Waals surface area contributed by atoms with Gasteiger partial charge in [-0.15, -0.1) is 0 Å². The summed E-state index contributed by atoms with van der Waals surface area (Å²) in [6.45, 7) is 4.37. The molecule has 12 nitrogen and oxygen atoms in total. The molecule has 1 saturated heterocycles. The highest BCUT2D eigenvalue weighted by Gasteiger charge is 2.28. The summed E-state index contributed by atoms with van der Waals surface area (Å²) in [7, 11) is -2.61. The van der Waals surface area contributed by atoms with E-state index in [1.54, 1.807) is 0 Å². The Bertz CT molecular complexity index is 1510. The Morgan fingerprint density at radius 1 is 1.17 bits per heavy atom. The lowest BCUT2D eigenvalue weighted by Gasteiger charge is -2.34. The minimum absolute atomic E-state index is 0.0571. The van der Waals surface area contributed by atoms with Gasteiger partial charge in [0.1, 0.15) is 35.6 Å². The zero-order valence-corrected chi connectivity index (χ0v) is 24.7. The Morgan fingerprint density at radius 2 is 1.93 bits per heavy atom. The number of benzene rings is 1. The maximum Gasteiger partial charge on any atom is 0.323 e. The van der Waals surface area contributed by atoms with Gasteiger partial charge in [-0.1, -0.05) is 13.0 Å². The molecule has 0 amide bonds. The molecule has 13 heteroatoms. The first-order valence-electron chi connectivity index (χ1n) is 14.2. The number of piperidine rings is 1. The molecule has 5 rings (SSSR count). The smallest absolute Gasteiger partial charge is 0.323 e. The highest BCUT2D eigenvalue weighted by Crippen LogP contribution is 2.33. The Labute approximate surface area is 246 Å². The lowest BCUT2D eigenvalue weighted by molar-refractivity contribution is -0.138. The van der Waals surface area contributed by atoms with Gasteiger partial charge in [0.25, 0.3) is 0 Å². The molecule has 2 aromatic heterocycles. The van der Waals surface area contributed by atoms with E-state index in [2.05, 4.69) is 42.4 Å². The summed E-state index contributed by atoms with van der Waals surface area (Å²) in [5.74, 6) is 1.87. The quantitative estimate of drug-likeness (QED) is 0.258. The van der Waals surface area contributed by atoms with Crippen molar-refractivity contribution in [2.75, 3.05) is 48.8 Å². The number of fused-ring (bicyclic) bond motifs is 1. The van der Waals surface area contributed by atoms with Crippen LogP contribution in [0, 0.1) is 0 Å². The minimum atomic E-state index is -4.08. The number of rotatable bonds is 11. The van der Waals surface area contributed by atoms with Gasteiger partial charge in [0, 0.05) is 43.4 Å². The van der Waals surface area contributed by atoms with E-state index >= 15 is 0 Å². The van der Waals surface area contributed by atoms with Crippen LogP contribution in [0.2, 0.25) is 0 Å². The fourth-order valence-electron chi connectivity index (χ4n) is 5.50. The van der Waals surface area contributed by atoms with Gasteiger partial charge < -0.3 is 25.4 Å². The number of nitrogens with zero attached hydrogens (tertiary/aromatic N) is 4. The van der Waals surface area contributed by atoms with Crippen molar-refractivity contribution >= 4 is 33.4 Å². The second kappa shape index (κ2) is 12.9. The predicted molar refractivity (Wildman–Crippen MR) is 160 cm³/mol. The molecule has 1 fully saturated rings. The molecule has 0 aliphatic carbocycles. The van der Waals surface area contributed by atoms with Crippen LogP contribution in [0.4, 0.5) is 17.5 Å². The molecular formula is C29H37N7O5S. The molecule has 2 aliphatic rings. The number of aliphatic carboxylic acids is 1. The zero-order chi connectivity index (χ0) is 29.7. The fraction of sp³-hybridized carbons (Fsp3) is 0.448. The normalized spacial score (nSPS) is 16.3. The summed E-state index contributed by atoms with van der Waals surface area (Å²) >= 11 is 0. The van der Waals surface area contributed by atoms with Gasteiger partial charge in [0.15, 0.2) is 0 Å². The second-order valence-electron chi connectivity index (χ2n) is 10.5. The van der Waals surface area contributed by atoms with Gasteiger partial charge >= 0.3 is 5.97 Å². The van der Waals surface area contributed by atoms with E-state index in [4.69, 9.17) is 9.72 Å². The molecule has 2 aliphatic heterocycles. The van der Waals surface area contributed by atoms with Crippen molar-refractivity contribution in [1.82, 2.24) is 19.7 Å². The van der Waals surface area contributed by atoms with Crippen molar-refractivity contribution in [3.05, 3.63) is 59.5 Å². The maximum atomic E-state index is 12.9. The summed E-state index contributed by atoms with van der Waals surface area (Å²) in [4.78, 5) is 28.0. The van der Waals surface area contributed by atoms with Crippen molar-refractivity contribution in [1.29, 1.82) is 0 Å². The number of carboxylic acid groups (broad SMARTS) is 1. The summed E-state index contributed by atoms with van der Waals surface area (Å²) < 4.78 is 33.1. The highest BCUT2D eigenvalue weighted by molar-refractivity contribution is 7.89. The number of hydrogen-bond acceptors (Lipinski definition) is 10. The highest BCUT2D eigenvalue weighted by atomic mass is 32.2. The summed E-state index contributed by atoms with van der Waals surface area (Å²) in [6, 6.07) is 8.67. The fourth-order valence-corrected chi connectivity index (χ4v) is 6.69. The monoisotopic (exact) mass is 595 g/mol. The number of ether oxygens (including phenoxy) is 1. The van der Waals surface area contributed by atoms with E-state index < -0.39 is 22.0 Å². The van der Waals surface area contributed by atoms with Gasteiger partial charge in [-0.3, -0.25) is 4.79 Å². The predicted octanol–water partition coefficient (Wildman–Crippen LogP) is 3.03.